The summed E-state index contributed by atoms with van der Waals surface area (Å²) in [5.41, 5.74) is 1.68. The molecule has 1 N–H and O–H groups in total. The van der Waals surface area contributed by atoms with Crippen molar-refractivity contribution in [3.8, 4) is 17.2 Å². The molecule has 3 rings (SSSR count). The predicted octanol–water partition coefficient (Wildman–Crippen LogP) is 3.48. The molecule has 2 aromatic rings. The third-order valence-electron chi connectivity index (χ3n) is 5.70. The number of methoxy groups -OCH3 is 4. The monoisotopic (exact) mass is 455 g/mol. The first kappa shape index (κ1) is 24.1. The molecule has 0 aromatic heterocycles. The average Bonchev–Trinajstić information content (AvgIpc) is 3.07. The van der Waals surface area contributed by atoms with Crippen molar-refractivity contribution in [1.82, 2.24) is 4.90 Å². The van der Waals surface area contributed by atoms with E-state index in [-0.39, 0.29) is 17.9 Å². The number of hydrogen-bond acceptors (Lipinski definition) is 7. The quantitative estimate of drug-likeness (QED) is 0.268. The van der Waals surface area contributed by atoms with Gasteiger partial charge >= 0.3 is 0 Å². The van der Waals surface area contributed by atoms with Gasteiger partial charge in [-0.15, -0.1) is 0 Å². The van der Waals surface area contributed by atoms with Crippen LogP contribution in [0.25, 0.3) is 5.76 Å². The summed E-state index contributed by atoms with van der Waals surface area (Å²) >= 11 is 0. The standard InChI is InChI=1S/C25H29NO7/c1-15-14-16(31-3)10-11-17(15)22(27)20-21(18-8-6-9-19(32-4)24(18)33-5)26(12-7-13-30-2)25(29)23(20)28/h6,8-11,14,21,27H,7,12-13H2,1-5H3. The summed E-state index contributed by atoms with van der Waals surface area (Å²) < 4.78 is 21.4. The van der Waals surface area contributed by atoms with E-state index in [1.54, 1.807) is 57.5 Å². The SMILES string of the molecule is COCCCN1C(=O)C(=O)C(=C(O)c2ccc(OC)cc2C)C1c1cccc(OC)c1OC. The Morgan fingerprint density at radius 3 is 2.39 bits per heavy atom. The van der Waals surface area contributed by atoms with Crippen molar-refractivity contribution in [2.24, 2.45) is 0 Å². The smallest absolute Gasteiger partial charge is 0.295 e. The first-order valence-electron chi connectivity index (χ1n) is 10.5. The second-order valence-electron chi connectivity index (χ2n) is 7.60. The van der Waals surface area contributed by atoms with Gasteiger partial charge in [0.05, 0.1) is 32.9 Å². The van der Waals surface area contributed by atoms with Gasteiger partial charge < -0.3 is 29.0 Å². The molecule has 0 spiro atoms. The maximum Gasteiger partial charge on any atom is 0.295 e. The Labute approximate surface area is 193 Å². The van der Waals surface area contributed by atoms with Crippen molar-refractivity contribution in [3.63, 3.8) is 0 Å². The number of para-hydroxylation sites is 1. The topological polar surface area (TPSA) is 94.5 Å². The van der Waals surface area contributed by atoms with Gasteiger partial charge in [0.25, 0.3) is 11.7 Å². The number of carbonyl (C=O) groups is 2. The van der Waals surface area contributed by atoms with Gasteiger partial charge in [-0.05, 0) is 43.2 Å². The largest absolute Gasteiger partial charge is 0.507 e. The molecule has 1 atom stereocenters. The van der Waals surface area contributed by atoms with Crippen LogP contribution in [-0.4, -0.2) is 63.3 Å². The van der Waals surface area contributed by atoms with Crippen LogP contribution in [0.1, 0.15) is 29.2 Å². The molecule has 1 aliphatic rings. The van der Waals surface area contributed by atoms with E-state index in [1.807, 2.05) is 0 Å². The van der Waals surface area contributed by atoms with Crippen LogP contribution < -0.4 is 14.2 Å². The van der Waals surface area contributed by atoms with Crippen LogP contribution >= 0.6 is 0 Å². The molecule has 1 aliphatic heterocycles. The van der Waals surface area contributed by atoms with Gasteiger partial charge in [0.15, 0.2) is 11.5 Å². The Morgan fingerprint density at radius 1 is 1.03 bits per heavy atom. The number of rotatable bonds is 9. The van der Waals surface area contributed by atoms with Gasteiger partial charge in [0.2, 0.25) is 0 Å². The van der Waals surface area contributed by atoms with Crippen LogP contribution in [0.15, 0.2) is 42.0 Å². The van der Waals surface area contributed by atoms with Crippen molar-refractivity contribution >= 4 is 17.4 Å². The number of aryl methyl sites for hydroxylation is 1. The summed E-state index contributed by atoms with van der Waals surface area (Å²) in [6.45, 7) is 2.48. The molecule has 0 saturated carbocycles. The van der Waals surface area contributed by atoms with Crippen molar-refractivity contribution in [3.05, 3.63) is 58.7 Å². The van der Waals surface area contributed by atoms with Crippen LogP contribution in [0.5, 0.6) is 17.2 Å². The molecule has 1 fully saturated rings. The fourth-order valence-electron chi connectivity index (χ4n) is 4.11. The second kappa shape index (κ2) is 10.4. The van der Waals surface area contributed by atoms with E-state index in [0.29, 0.717) is 47.0 Å². The zero-order valence-corrected chi connectivity index (χ0v) is 19.5. The van der Waals surface area contributed by atoms with Crippen LogP contribution in [0.3, 0.4) is 0 Å². The van der Waals surface area contributed by atoms with E-state index >= 15 is 0 Å². The number of carbonyl (C=O) groups excluding carboxylic acids is 2. The zero-order valence-electron chi connectivity index (χ0n) is 19.5. The van der Waals surface area contributed by atoms with E-state index in [0.717, 1.165) is 0 Å². The highest BCUT2D eigenvalue weighted by Gasteiger charge is 2.47. The normalized spacial score (nSPS) is 17.4. The van der Waals surface area contributed by atoms with E-state index in [1.165, 1.54) is 19.1 Å². The number of Topliss-reactive ketones (excluding diaryl/α,β-unsaturated/α-hetero) is 1. The van der Waals surface area contributed by atoms with Crippen molar-refractivity contribution < 1.29 is 33.6 Å². The fraction of sp³-hybridized carbons (Fsp3) is 0.360. The Hall–Kier alpha value is -3.52. The Balaban J connectivity index is 2.24. The molecule has 1 heterocycles. The molecule has 0 radical (unpaired) electrons. The molecule has 176 valence electrons. The lowest BCUT2D eigenvalue weighted by molar-refractivity contribution is -0.140. The molecular formula is C25H29NO7. The number of amides is 1. The number of aliphatic hydroxyl groups excluding tert-OH is 1. The highest BCUT2D eigenvalue weighted by molar-refractivity contribution is 6.46. The van der Waals surface area contributed by atoms with E-state index < -0.39 is 17.7 Å². The molecule has 0 bridgehead atoms. The molecular weight excluding hydrogens is 426 g/mol. The van der Waals surface area contributed by atoms with Crippen molar-refractivity contribution in [2.45, 2.75) is 19.4 Å². The fourth-order valence-corrected chi connectivity index (χ4v) is 4.11. The van der Waals surface area contributed by atoms with Crippen molar-refractivity contribution in [2.75, 3.05) is 41.6 Å². The van der Waals surface area contributed by atoms with Gasteiger partial charge in [-0.2, -0.15) is 0 Å². The summed E-state index contributed by atoms with van der Waals surface area (Å²) in [5, 5.41) is 11.3. The number of hydrogen-bond donors (Lipinski definition) is 1. The van der Waals surface area contributed by atoms with E-state index in [9.17, 15) is 14.7 Å². The number of benzene rings is 2. The summed E-state index contributed by atoms with van der Waals surface area (Å²) in [6, 6.07) is 9.51. The van der Waals surface area contributed by atoms with Crippen LogP contribution in [0.4, 0.5) is 0 Å². The third-order valence-corrected chi connectivity index (χ3v) is 5.70. The summed E-state index contributed by atoms with van der Waals surface area (Å²) in [7, 11) is 6.13. The maximum atomic E-state index is 13.2. The molecule has 1 amide bonds. The predicted molar refractivity (Wildman–Crippen MR) is 123 cm³/mol. The molecule has 8 nitrogen and oxygen atoms in total. The number of nitrogens with zero attached hydrogens (tertiary/aromatic N) is 1. The lowest BCUT2D eigenvalue weighted by Gasteiger charge is -2.27. The van der Waals surface area contributed by atoms with Crippen LogP contribution in [-0.2, 0) is 14.3 Å². The highest BCUT2D eigenvalue weighted by atomic mass is 16.5. The molecule has 2 aromatic carbocycles. The number of ketones is 1. The van der Waals surface area contributed by atoms with Crippen LogP contribution in [0, 0.1) is 6.92 Å². The summed E-state index contributed by atoms with van der Waals surface area (Å²) in [4.78, 5) is 27.7. The maximum absolute atomic E-state index is 13.2. The minimum atomic E-state index is -0.853. The number of likely N-dealkylation sites (tertiary alicyclic amines) is 1. The molecule has 1 saturated heterocycles. The van der Waals surface area contributed by atoms with E-state index in [4.69, 9.17) is 18.9 Å². The second-order valence-corrected chi connectivity index (χ2v) is 7.60. The minimum Gasteiger partial charge on any atom is -0.507 e. The number of aliphatic hydroxyl groups is 1. The Morgan fingerprint density at radius 2 is 1.79 bits per heavy atom. The molecule has 8 heteroatoms. The zero-order chi connectivity index (χ0) is 24.1. The summed E-state index contributed by atoms with van der Waals surface area (Å²) in [6.07, 6.45) is 0.522. The lowest BCUT2D eigenvalue weighted by atomic mass is 9.93. The lowest BCUT2D eigenvalue weighted by Crippen LogP contribution is -2.31. The Kier molecular flexibility index (Phi) is 7.60. The first-order chi connectivity index (χ1) is 15.9. The molecule has 1 unspecified atom stereocenters. The first-order valence-corrected chi connectivity index (χ1v) is 10.5. The van der Waals surface area contributed by atoms with Crippen LogP contribution in [0.2, 0.25) is 0 Å². The van der Waals surface area contributed by atoms with Gasteiger partial charge in [-0.25, -0.2) is 0 Å². The Bertz CT molecular complexity index is 1080. The molecule has 0 aliphatic carbocycles. The van der Waals surface area contributed by atoms with Gasteiger partial charge in [-0.1, -0.05) is 12.1 Å². The highest BCUT2D eigenvalue weighted by Crippen LogP contribution is 2.45. The van der Waals surface area contributed by atoms with Gasteiger partial charge in [0, 0.05) is 31.4 Å². The molecule has 33 heavy (non-hydrogen) atoms. The average molecular weight is 456 g/mol. The van der Waals surface area contributed by atoms with Gasteiger partial charge in [0.1, 0.15) is 11.5 Å². The van der Waals surface area contributed by atoms with Gasteiger partial charge in [-0.3, -0.25) is 9.59 Å². The van der Waals surface area contributed by atoms with E-state index in [2.05, 4.69) is 0 Å². The minimum absolute atomic E-state index is 0.00256. The number of ether oxygens (including phenoxy) is 4. The van der Waals surface area contributed by atoms with Crippen molar-refractivity contribution in [1.29, 1.82) is 0 Å². The summed E-state index contributed by atoms with van der Waals surface area (Å²) in [5.74, 6) is -0.226. The third kappa shape index (κ3) is 4.52.